The van der Waals surface area contributed by atoms with Crippen molar-refractivity contribution < 1.29 is 22.8 Å². The third kappa shape index (κ3) is 3.25. The second kappa shape index (κ2) is 6.41. The van der Waals surface area contributed by atoms with Crippen LogP contribution >= 0.6 is 12.2 Å². The van der Waals surface area contributed by atoms with Crippen LogP contribution in [-0.2, 0) is 22.8 Å². The lowest BCUT2D eigenvalue weighted by atomic mass is 10.1. The Bertz CT molecular complexity index is 947. The van der Waals surface area contributed by atoms with Gasteiger partial charge in [-0.15, -0.1) is 0 Å². The molecule has 1 N–H and O–H groups in total. The first-order valence-corrected chi connectivity index (χ1v) is 7.79. The van der Waals surface area contributed by atoms with Gasteiger partial charge in [0.05, 0.1) is 11.3 Å². The number of anilines is 1. The number of hydrogen-bond donors (Lipinski definition) is 1. The van der Waals surface area contributed by atoms with E-state index >= 15 is 0 Å². The number of aromatic nitrogens is 1. The SMILES string of the molecule is Cn1cccc1/C=C1\C(=O)NC(=S)N(c2cccc(C(F)(F)F)c2)C1=O. The zero-order chi connectivity index (χ0) is 19.1. The van der Waals surface area contributed by atoms with Gasteiger partial charge in [0.1, 0.15) is 5.57 Å². The van der Waals surface area contributed by atoms with Gasteiger partial charge in [0, 0.05) is 18.9 Å². The number of aryl methyl sites for hydroxylation is 1. The van der Waals surface area contributed by atoms with Gasteiger partial charge in [-0.1, -0.05) is 6.07 Å². The minimum atomic E-state index is -4.57. The van der Waals surface area contributed by atoms with Crippen LogP contribution in [-0.4, -0.2) is 21.5 Å². The lowest BCUT2D eigenvalue weighted by molar-refractivity contribution is -0.137. The third-order valence-electron chi connectivity index (χ3n) is 3.81. The van der Waals surface area contributed by atoms with Crippen LogP contribution in [0.2, 0.25) is 0 Å². The van der Waals surface area contributed by atoms with Gasteiger partial charge in [0.2, 0.25) is 0 Å². The molecule has 0 spiro atoms. The van der Waals surface area contributed by atoms with Crippen molar-refractivity contribution in [3.63, 3.8) is 0 Å². The Kier molecular flexibility index (Phi) is 4.41. The minimum Gasteiger partial charge on any atom is -0.351 e. The van der Waals surface area contributed by atoms with Crippen molar-refractivity contribution in [3.8, 4) is 0 Å². The Morgan fingerprint density at radius 1 is 1.15 bits per heavy atom. The normalized spacial score (nSPS) is 17.0. The molecule has 26 heavy (non-hydrogen) atoms. The van der Waals surface area contributed by atoms with Crippen molar-refractivity contribution in [1.82, 2.24) is 9.88 Å². The van der Waals surface area contributed by atoms with Gasteiger partial charge in [0.25, 0.3) is 11.8 Å². The topological polar surface area (TPSA) is 54.3 Å². The Hall–Kier alpha value is -2.94. The highest BCUT2D eigenvalue weighted by Gasteiger charge is 2.36. The van der Waals surface area contributed by atoms with Crippen LogP contribution in [0.3, 0.4) is 0 Å². The summed E-state index contributed by atoms with van der Waals surface area (Å²) in [5.41, 5.74) is -0.638. The van der Waals surface area contributed by atoms with Crippen molar-refractivity contribution in [2.75, 3.05) is 4.90 Å². The molecule has 1 aliphatic rings. The number of alkyl halides is 3. The molecule has 0 unspecified atom stereocenters. The maximum absolute atomic E-state index is 12.9. The van der Waals surface area contributed by atoms with Crippen LogP contribution in [0.5, 0.6) is 0 Å². The van der Waals surface area contributed by atoms with Crippen LogP contribution in [0, 0.1) is 0 Å². The average molecular weight is 379 g/mol. The highest BCUT2D eigenvalue weighted by atomic mass is 32.1. The van der Waals surface area contributed by atoms with E-state index in [2.05, 4.69) is 5.32 Å². The number of carbonyl (C=O) groups is 2. The summed E-state index contributed by atoms with van der Waals surface area (Å²) in [5.74, 6) is -1.50. The fraction of sp³-hybridized carbons (Fsp3) is 0.118. The molecule has 0 atom stereocenters. The van der Waals surface area contributed by atoms with Crippen LogP contribution in [0.4, 0.5) is 18.9 Å². The lowest BCUT2D eigenvalue weighted by Crippen LogP contribution is -2.54. The van der Waals surface area contributed by atoms with Gasteiger partial charge in [-0.3, -0.25) is 19.8 Å². The largest absolute Gasteiger partial charge is 0.416 e. The molecule has 1 aromatic carbocycles. The standard InChI is InChI=1S/C17H12F3N3O2S/c1-22-7-3-6-11(22)9-13-14(24)21-16(26)23(15(13)25)12-5-2-4-10(8-12)17(18,19)20/h2-9H,1H3,(H,21,24,26)/b13-9+. The molecule has 0 saturated carbocycles. The maximum atomic E-state index is 12.9. The number of rotatable bonds is 2. The molecule has 1 aromatic heterocycles. The molecule has 134 valence electrons. The van der Waals surface area contributed by atoms with Gasteiger partial charge < -0.3 is 4.57 Å². The molecule has 5 nitrogen and oxygen atoms in total. The molecule has 2 amide bonds. The summed E-state index contributed by atoms with van der Waals surface area (Å²) in [4.78, 5) is 25.8. The quantitative estimate of drug-likeness (QED) is 0.496. The number of halogens is 3. The summed E-state index contributed by atoms with van der Waals surface area (Å²) in [6.07, 6.45) is -1.48. The van der Waals surface area contributed by atoms with Crippen molar-refractivity contribution in [2.45, 2.75) is 6.18 Å². The van der Waals surface area contributed by atoms with Crippen LogP contribution < -0.4 is 10.2 Å². The molecule has 9 heteroatoms. The highest BCUT2D eigenvalue weighted by molar-refractivity contribution is 7.80. The summed E-state index contributed by atoms with van der Waals surface area (Å²) in [6, 6.07) is 7.60. The Labute approximate surface area is 151 Å². The molecule has 0 bridgehead atoms. The number of nitrogens with one attached hydrogen (secondary N) is 1. The van der Waals surface area contributed by atoms with Gasteiger partial charge in [-0.2, -0.15) is 13.2 Å². The van der Waals surface area contributed by atoms with E-state index in [1.165, 1.54) is 18.2 Å². The molecule has 1 aliphatic heterocycles. The van der Waals surface area contributed by atoms with Crippen molar-refractivity contribution in [3.05, 3.63) is 59.4 Å². The Morgan fingerprint density at radius 3 is 2.50 bits per heavy atom. The maximum Gasteiger partial charge on any atom is 0.416 e. The van der Waals surface area contributed by atoms with E-state index in [-0.39, 0.29) is 16.4 Å². The van der Waals surface area contributed by atoms with Gasteiger partial charge in [-0.25, -0.2) is 0 Å². The van der Waals surface area contributed by atoms with E-state index in [0.29, 0.717) is 5.69 Å². The molecule has 2 aromatic rings. The number of carbonyl (C=O) groups excluding carboxylic acids is 2. The van der Waals surface area contributed by atoms with Crippen molar-refractivity contribution in [2.24, 2.45) is 7.05 Å². The lowest BCUT2D eigenvalue weighted by Gasteiger charge is -2.29. The number of benzene rings is 1. The fourth-order valence-corrected chi connectivity index (χ4v) is 2.77. The first kappa shape index (κ1) is 17.9. The molecule has 3 rings (SSSR count). The molecule has 1 fully saturated rings. The van der Waals surface area contributed by atoms with E-state index in [1.54, 1.807) is 29.9 Å². The fourth-order valence-electron chi connectivity index (χ4n) is 2.49. The van der Waals surface area contributed by atoms with Gasteiger partial charge in [-0.05, 0) is 48.6 Å². The second-order valence-corrected chi connectivity index (χ2v) is 5.94. The summed E-state index contributed by atoms with van der Waals surface area (Å²) >= 11 is 4.99. The predicted molar refractivity (Wildman–Crippen MR) is 93.1 cm³/mol. The summed E-state index contributed by atoms with van der Waals surface area (Å²) in [7, 11) is 1.73. The van der Waals surface area contributed by atoms with E-state index in [1.807, 2.05) is 0 Å². The highest BCUT2D eigenvalue weighted by Crippen LogP contribution is 2.32. The van der Waals surface area contributed by atoms with Crippen LogP contribution in [0.25, 0.3) is 6.08 Å². The molecule has 2 heterocycles. The second-order valence-electron chi connectivity index (χ2n) is 5.55. The molecule has 0 aliphatic carbocycles. The van der Waals surface area contributed by atoms with E-state index < -0.39 is 23.6 Å². The molecule has 0 radical (unpaired) electrons. The summed E-state index contributed by atoms with van der Waals surface area (Å²) < 4.78 is 40.5. The number of nitrogens with zero attached hydrogens (tertiary/aromatic N) is 2. The first-order valence-electron chi connectivity index (χ1n) is 7.38. The molecule has 1 saturated heterocycles. The van der Waals surface area contributed by atoms with Crippen LogP contribution in [0.1, 0.15) is 11.3 Å². The Morgan fingerprint density at radius 2 is 1.88 bits per heavy atom. The van der Waals surface area contributed by atoms with Crippen molar-refractivity contribution in [1.29, 1.82) is 0 Å². The van der Waals surface area contributed by atoms with E-state index in [4.69, 9.17) is 12.2 Å². The van der Waals surface area contributed by atoms with E-state index in [9.17, 15) is 22.8 Å². The smallest absolute Gasteiger partial charge is 0.351 e. The summed E-state index contributed by atoms with van der Waals surface area (Å²) in [6.45, 7) is 0. The number of thiocarbonyl (C=S) groups is 1. The average Bonchev–Trinajstić information content (AvgIpc) is 2.96. The van der Waals surface area contributed by atoms with E-state index in [0.717, 1.165) is 17.0 Å². The minimum absolute atomic E-state index is 0.0763. The molecular weight excluding hydrogens is 367 g/mol. The molecular formula is C17H12F3N3O2S. The number of hydrogen-bond acceptors (Lipinski definition) is 3. The zero-order valence-corrected chi connectivity index (χ0v) is 14.2. The van der Waals surface area contributed by atoms with Gasteiger partial charge in [0.15, 0.2) is 5.11 Å². The predicted octanol–water partition coefficient (Wildman–Crippen LogP) is 2.88. The summed E-state index contributed by atoms with van der Waals surface area (Å²) in [5, 5.41) is 2.06. The Balaban J connectivity index is 2.04. The number of amides is 2. The third-order valence-corrected chi connectivity index (χ3v) is 4.09. The monoisotopic (exact) mass is 379 g/mol. The first-order chi connectivity index (χ1) is 12.2. The zero-order valence-electron chi connectivity index (χ0n) is 13.4. The van der Waals surface area contributed by atoms with Crippen molar-refractivity contribution >= 4 is 40.9 Å². The van der Waals surface area contributed by atoms with Gasteiger partial charge >= 0.3 is 6.18 Å². The van der Waals surface area contributed by atoms with Crippen LogP contribution in [0.15, 0.2) is 48.2 Å².